The topological polar surface area (TPSA) is 123 Å². The van der Waals surface area contributed by atoms with Gasteiger partial charge in [0, 0.05) is 25.4 Å². The Morgan fingerprint density at radius 3 is 2.34 bits per heavy atom. The van der Waals surface area contributed by atoms with E-state index in [1.54, 1.807) is 14.0 Å². The zero-order valence-electron chi connectivity index (χ0n) is 19.7. The van der Waals surface area contributed by atoms with E-state index in [1.165, 1.54) is 22.0 Å². The van der Waals surface area contributed by atoms with Crippen LogP contribution in [0.3, 0.4) is 0 Å². The summed E-state index contributed by atoms with van der Waals surface area (Å²) in [4.78, 5) is 36.0. The van der Waals surface area contributed by atoms with E-state index >= 15 is 0 Å². The SMILES string of the molecule is CC(CCCNC(=O)OCC1c2ccccc2-c2ccccc21)C(=O)Nc1c(C(=O)O)cnn1C. The maximum Gasteiger partial charge on any atom is 0.407 e. The number of anilines is 1. The fourth-order valence-electron chi connectivity index (χ4n) is 4.36. The van der Waals surface area contributed by atoms with Gasteiger partial charge in [-0.1, -0.05) is 55.5 Å². The summed E-state index contributed by atoms with van der Waals surface area (Å²) in [6, 6.07) is 16.3. The monoisotopic (exact) mass is 476 g/mol. The lowest BCUT2D eigenvalue weighted by atomic mass is 9.98. The Kier molecular flexibility index (Phi) is 7.14. The van der Waals surface area contributed by atoms with Crippen LogP contribution in [0.15, 0.2) is 54.7 Å². The van der Waals surface area contributed by atoms with Crippen LogP contribution in [0.25, 0.3) is 11.1 Å². The molecule has 1 unspecified atom stereocenters. The Bertz CT molecular complexity index is 1210. The van der Waals surface area contributed by atoms with Crippen LogP contribution in [0.5, 0.6) is 0 Å². The van der Waals surface area contributed by atoms with Crippen molar-refractivity contribution in [2.45, 2.75) is 25.7 Å². The minimum Gasteiger partial charge on any atom is -0.477 e. The number of fused-ring (bicyclic) bond motifs is 3. The molecule has 0 radical (unpaired) electrons. The predicted octanol–water partition coefficient (Wildman–Crippen LogP) is 4.01. The summed E-state index contributed by atoms with van der Waals surface area (Å²) in [6.07, 6.45) is 1.78. The van der Waals surface area contributed by atoms with E-state index < -0.39 is 12.1 Å². The molecular formula is C26H28N4O5. The number of carboxylic acid groups (broad SMARTS) is 1. The molecule has 9 heteroatoms. The number of hydrogen-bond donors (Lipinski definition) is 3. The van der Waals surface area contributed by atoms with Crippen LogP contribution in [-0.2, 0) is 16.6 Å². The van der Waals surface area contributed by atoms with Gasteiger partial charge >= 0.3 is 12.1 Å². The largest absolute Gasteiger partial charge is 0.477 e. The van der Waals surface area contributed by atoms with Crippen molar-refractivity contribution in [3.8, 4) is 11.1 Å². The maximum absolute atomic E-state index is 12.5. The van der Waals surface area contributed by atoms with Crippen molar-refractivity contribution in [1.29, 1.82) is 0 Å². The van der Waals surface area contributed by atoms with E-state index in [0.29, 0.717) is 19.4 Å². The molecule has 1 aromatic heterocycles. The molecule has 3 N–H and O–H groups in total. The van der Waals surface area contributed by atoms with Gasteiger partial charge in [-0.25, -0.2) is 9.59 Å². The van der Waals surface area contributed by atoms with Gasteiger partial charge in [-0.05, 0) is 35.1 Å². The molecule has 0 bridgehead atoms. The quantitative estimate of drug-likeness (QED) is 0.401. The molecule has 2 amide bonds. The van der Waals surface area contributed by atoms with E-state index in [1.807, 2.05) is 24.3 Å². The molecule has 35 heavy (non-hydrogen) atoms. The molecule has 0 saturated heterocycles. The number of nitrogens with one attached hydrogen (secondary N) is 2. The number of alkyl carbamates (subject to hydrolysis) is 1. The fourth-order valence-corrected chi connectivity index (χ4v) is 4.36. The van der Waals surface area contributed by atoms with Gasteiger partial charge in [-0.15, -0.1) is 0 Å². The van der Waals surface area contributed by atoms with Crippen molar-refractivity contribution in [3.63, 3.8) is 0 Å². The molecule has 4 rings (SSSR count). The molecule has 0 fully saturated rings. The molecule has 1 aliphatic rings. The highest BCUT2D eigenvalue weighted by Gasteiger charge is 2.29. The first-order chi connectivity index (χ1) is 16.9. The number of aromatic carboxylic acids is 1. The van der Waals surface area contributed by atoms with Gasteiger partial charge in [-0.3, -0.25) is 9.48 Å². The van der Waals surface area contributed by atoms with Crippen molar-refractivity contribution in [2.75, 3.05) is 18.5 Å². The van der Waals surface area contributed by atoms with Crippen molar-refractivity contribution >= 4 is 23.8 Å². The number of ether oxygens (including phenoxy) is 1. The van der Waals surface area contributed by atoms with Crippen LogP contribution in [0, 0.1) is 5.92 Å². The Hall–Kier alpha value is -4.14. The summed E-state index contributed by atoms with van der Waals surface area (Å²) in [5, 5.41) is 18.5. The number of aryl methyl sites for hydroxylation is 1. The molecule has 0 aliphatic heterocycles. The first-order valence-electron chi connectivity index (χ1n) is 11.5. The number of carbonyl (C=O) groups excluding carboxylic acids is 2. The van der Waals surface area contributed by atoms with Crippen LogP contribution in [0.2, 0.25) is 0 Å². The summed E-state index contributed by atoms with van der Waals surface area (Å²) < 4.78 is 6.83. The van der Waals surface area contributed by atoms with E-state index in [9.17, 15) is 19.5 Å². The second kappa shape index (κ2) is 10.4. The average molecular weight is 477 g/mol. The van der Waals surface area contributed by atoms with Crippen LogP contribution >= 0.6 is 0 Å². The fraction of sp³-hybridized carbons (Fsp3) is 0.308. The average Bonchev–Trinajstić information content (AvgIpc) is 3.38. The van der Waals surface area contributed by atoms with Crippen LogP contribution < -0.4 is 10.6 Å². The van der Waals surface area contributed by atoms with Gasteiger partial charge in [0.05, 0.1) is 6.20 Å². The standard InChI is InChI=1S/C26H28N4O5/c1-16(24(31)29-23-21(25(32)33)14-28-30(23)2)8-7-13-27-26(34)35-15-22-19-11-5-3-9-17(19)18-10-4-6-12-20(18)22/h3-6,9-12,14,16,22H,7-8,13,15H2,1-2H3,(H,27,34)(H,29,31)(H,32,33). The number of aromatic nitrogens is 2. The number of benzene rings is 2. The van der Waals surface area contributed by atoms with Gasteiger partial charge in [0.25, 0.3) is 0 Å². The van der Waals surface area contributed by atoms with Gasteiger partial charge in [0.1, 0.15) is 18.0 Å². The molecule has 1 heterocycles. The molecule has 0 saturated carbocycles. The molecule has 0 spiro atoms. The number of amides is 2. The van der Waals surface area contributed by atoms with Gasteiger partial charge < -0.3 is 20.5 Å². The molecule has 1 aliphatic carbocycles. The minimum absolute atomic E-state index is 0.000403. The van der Waals surface area contributed by atoms with Gasteiger partial charge in [0.2, 0.25) is 5.91 Å². The zero-order chi connectivity index (χ0) is 24.9. The maximum atomic E-state index is 12.5. The lowest BCUT2D eigenvalue weighted by Crippen LogP contribution is -2.28. The summed E-state index contributed by atoms with van der Waals surface area (Å²) in [5.41, 5.74) is 4.59. The Balaban J connectivity index is 1.22. The minimum atomic E-state index is -1.16. The number of nitrogens with zero attached hydrogens (tertiary/aromatic N) is 2. The van der Waals surface area contributed by atoms with E-state index in [-0.39, 0.29) is 35.7 Å². The highest BCUT2D eigenvalue weighted by molar-refractivity contribution is 5.99. The van der Waals surface area contributed by atoms with Gasteiger partial charge in [0.15, 0.2) is 0 Å². The molecule has 9 nitrogen and oxygen atoms in total. The number of carboxylic acids is 1. The smallest absolute Gasteiger partial charge is 0.407 e. The first-order valence-corrected chi connectivity index (χ1v) is 11.5. The van der Waals surface area contributed by atoms with E-state index in [0.717, 1.165) is 11.1 Å². The third-order valence-corrected chi connectivity index (χ3v) is 6.29. The number of rotatable bonds is 9. The molecule has 2 aromatic carbocycles. The summed E-state index contributed by atoms with van der Waals surface area (Å²) in [6.45, 7) is 2.36. The van der Waals surface area contributed by atoms with Crippen molar-refractivity contribution in [3.05, 3.63) is 71.4 Å². The zero-order valence-corrected chi connectivity index (χ0v) is 19.7. The van der Waals surface area contributed by atoms with Crippen LogP contribution in [0.4, 0.5) is 10.6 Å². The molecular weight excluding hydrogens is 448 g/mol. The number of carbonyl (C=O) groups is 3. The number of hydrogen-bond acceptors (Lipinski definition) is 5. The third kappa shape index (κ3) is 5.18. The van der Waals surface area contributed by atoms with Gasteiger partial charge in [-0.2, -0.15) is 5.10 Å². The second-order valence-electron chi connectivity index (χ2n) is 8.62. The highest BCUT2D eigenvalue weighted by atomic mass is 16.5. The van der Waals surface area contributed by atoms with Crippen molar-refractivity contribution in [1.82, 2.24) is 15.1 Å². The third-order valence-electron chi connectivity index (χ3n) is 6.29. The predicted molar refractivity (Wildman–Crippen MR) is 130 cm³/mol. The summed E-state index contributed by atoms with van der Waals surface area (Å²) in [7, 11) is 1.56. The Morgan fingerprint density at radius 2 is 1.71 bits per heavy atom. The normalized spacial score (nSPS) is 13.0. The first kappa shape index (κ1) is 24.0. The molecule has 182 valence electrons. The van der Waals surface area contributed by atoms with Crippen molar-refractivity contribution in [2.24, 2.45) is 13.0 Å². The van der Waals surface area contributed by atoms with E-state index in [4.69, 9.17) is 4.74 Å². The van der Waals surface area contributed by atoms with Crippen LogP contribution in [0.1, 0.15) is 47.2 Å². The summed E-state index contributed by atoms with van der Waals surface area (Å²) in [5.74, 6) is -1.70. The lowest BCUT2D eigenvalue weighted by molar-refractivity contribution is -0.119. The highest BCUT2D eigenvalue weighted by Crippen LogP contribution is 2.44. The van der Waals surface area contributed by atoms with Crippen LogP contribution in [-0.4, -0.2) is 46.0 Å². The Labute approximate surface area is 203 Å². The lowest BCUT2D eigenvalue weighted by Gasteiger charge is -2.15. The van der Waals surface area contributed by atoms with E-state index in [2.05, 4.69) is 40.0 Å². The summed E-state index contributed by atoms with van der Waals surface area (Å²) >= 11 is 0. The Morgan fingerprint density at radius 1 is 1.09 bits per heavy atom. The molecule has 3 aromatic rings. The second-order valence-corrected chi connectivity index (χ2v) is 8.62. The van der Waals surface area contributed by atoms with Crippen molar-refractivity contribution < 1.29 is 24.2 Å². The molecule has 1 atom stereocenters.